The van der Waals surface area contributed by atoms with Gasteiger partial charge in [0.25, 0.3) is 0 Å². The van der Waals surface area contributed by atoms with Crippen LogP contribution in [0.1, 0.15) is 352 Å². The summed E-state index contributed by atoms with van der Waals surface area (Å²) in [6.45, 7) is 73.9. The molecule has 0 aromatic carbocycles. The van der Waals surface area contributed by atoms with Crippen LogP contribution in [0.4, 0.5) is 48.3 Å². The summed E-state index contributed by atoms with van der Waals surface area (Å²) in [5.41, 5.74) is -1.42. The lowest BCUT2D eigenvalue weighted by Crippen LogP contribution is -2.44. The smallest absolute Gasteiger partial charge is 0.248 e. The molecule has 0 bridgehead atoms. The van der Waals surface area contributed by atoms with E-state index in [9.17, 15) is 48.3 Å². The van der Waals surface area contributed by atoms with Gasteiger partial charge in [-0.2, -0.15) is 0 Å². The average molecular weight is 1280 g/mol. The third-order valence-electron chi connectivity index (χ3n) is 13.5. The minimum Gasteiger partial charge on any atom is -0.380 e. The first-order valence-corrected chi connectivity index (χ1v) is 33.1. The van der Waals surface area contributed by atoms with Gasteiger partial charge in [0.15, 0.2) is 0 Å². The van der Waals surface area contributed by atoms with Crippen molar-refractivity contribution in [3.05, 3.63) is 0 Å². The highest BCUT2D eigenvalue weighted by Crippen LogP contribution is 2.48. The van der Waals surface area contributed by atoms with Crippen molar-refractivity contribution in [3.63, 3.8) is 0 Å². The molecule has 3 aliphatic rings. The van der Waals surface area contributed by atoms with Crippen LogP contribution >= 0.6 is 0 Å². The standard InChI is InChI=1S/C10H20O.2C9H19F.C9H18O.2C8H16F2.C8H15F.C7H14F2.C6H12F2/c1-5-10(7-11-8-10)6-9(2,3)4;2*1-6-9(5,10)7-8(2,3)4;1-8(2,3)5-9(4)6-10-7-9;2*1-5-8(9,10)6-7(2,3)4;1-7(2,3)6-8(9)4-5-8;1-6(2,3)5-7(4,8)9;1-6(2,3)4-5(7)8/h5-8H2,1-4H3;2*6-7H2,1-5H3;5-7H2,1-4H3;2*5-6H2,1-4H3;4-6H2,1-3H3;5H2,1-4H3;5H,4H2,1-3H3. The lowest BCUT2D eigenvalue weighted by Gasteiger charge is -2.44. The predicted molar refractivity (Wildman–Crippen MR) is 359 cm³/mol. The van der Waals surface area contributed by atoms with Crippen molar-refractivity contribution in [2.24, 2.45) is 59.6 Å². The molecule has 87 heavy (non-hydrogen) atoms. The third-order valence-corrected chi connectivity index (χ3v) is 13.5. The van der Waals surface area contributed by atoms with Crippen molar-refractivity contribution >= 4 is 0 Å². The molecule has 1 aliphatic carbocycles. The molecule has 534 valence electrons. The molecule has 2 nitrogen and oxygen atoms in total. The second-order valence-electron chi connectivity index (χ2n) is 38.4. The van der Waals surface area contributed by atoms with E-state index in [2.05, 4.69) is 118 Å². The molecule has 2 atom stereocenters. The largest absolute Gasteiger partial charge is 0.380 e. The molecular weight excluding hydrogens is 1130 g/mol. The van der Waals surface area contributed by atoms with Gasteiger partial charge in [0.1, 0.15) is 17.0 Å². The molecule has 0 spiro atoms. The van der Waals surface area contributed by atoms with E-state index in [1.807, 2.05) is 76.2 Å². The monoisotopic (exact) mass is 1280 g/mol. The first-order chi connectivity index (χ1) is 37.5. The number of rotatable bonds is 14. The molecule has 0 aromatic rings. The van der Waals surface area contributed by atoms with Gasteiger partial charge in [0.2, 0.25) is 24.2 Å². The summed E-state index contributed by atoms with van der Waals surface area (Å²) in [5.74, 6) is -7.46. The van der Waals surface area contributed by atoms with Crippen molar-refractivity contribution < 1.29 is 57.8 Å². The van der Waals surface area contributed by atoms with Crippen LogP contribution in [0, 0.1) is 59.6 Å². The van der Waals surface area contributed by atoms with Crippen LogP contribution in [0.25, 0.3) is 0 Å². The maximum absolute atomic E-state index is 13.3. The second kappa shape index (κ2) is 37.9. The van der Waals surface area contributed by atoms with Crippen LogP contribution in [0.15, 0.2) is 0 Å². The van der Waals surface area contributed by atoms with Crippen molar-refractivity contribution in [2.45, 2.75) is 393 Å². The molecule has 2 heterocycles. The maximum Gasteiger partial charge on any atom is 0.248 e. The van der Waals surface area contributed by atoms with Crippen LogP contribution in [0.3, 0.4) is 0 Å². The lowest BCUT2D eigenvalue weighted by atomic mass is 9.71. The molecule has 13 heteroatoms. The fraction of sp³-hybridized carbons (Fsp3) is 1.00. The van der Waals surface area contributed by atoms with Crippen LogP contribution < -0.4 is 0 Å². The molecule has 2 aliphatic heterocycles. The molecule has 0 amide bonds. The van der Waals surface area contributed by atoms with E-state index in [4.69, 9.17) is 9.47 Å². The van der Waals surface area contributed by atoms with Crippen molar-refractivity contribution in [1.82, 2.24) is 0 Å². The third kappa shape index (κ3) is 75.8. The van der Waals surface area contributed by atoms with Crippen LogP contribution in [-0.4, -0.2) is 67.6 Å². The number of ether oxygens (including phenoxy) is 2. The highest BCUT2D eigenvalue weighted by atomic mass is 19.3. The topological polar surface area (TPSA) is 18.5 Å². The Labute approximate surface area is 534 Å². The molecule has 2 unspecified atom stereocenters. The SMILES string of the molecule is CC(C)(C)CC(C)(F)F.CC(C)(C)CC(F)F.CC(C)(C)CC1(C)COC1.CC(C)(C)CC1(F)CC1.CCC(C)(F)CC(C)(C)C.CCC(C)(F)CC(C)(C)C.CCC(F)(F)CC(C)(C)C.CCC(F)(F)CC(C)(C)C.CCC1(CC(C)(C)C)COC1. The zero-order valence-electron chi connectivity index (χ0n) is 64.2. The average Bonchev–Trinajstić information content (AvgIpc) is 3.88. The summed E-state index contributed by atoms with van der Waals surface area (Å²) in [5, 5.41) is 0. The van der Waals surface area contributed by atoms with E-state index >= 15 is 0 Å². The minimum atomic E-state index is -2.52. The van der Waals surface area contributed by atoms with E-state index in [1.165, 1.54) is 33.1 Å². The van der Waals surface area contributed by atoms with Crippen LogP contribution in [0.2, 0.25) is 0 Å². The molecule has 3 rings (SSSR count). The van der Waals surface area contributed by atoms with Crippen molar-refractivity contribution in [3.8, 4) is 0 Å². The van der Waals surface area contributed by atoms with Gasteiger partial charge in [0, 0.05) is 49.4 Å². The van der Waals surface area contributed by atoms with E-state index in [-0.39, 0.29) is 76.4 Å². The Morgan fingerprint density at radius 3 is 0.678 bits per heavy atom. The van der Waals surface area contributed by atoms with Crippen molar-refractivity contribution in [2.75, 3.05) is 26.4 Å². The van der Waals surface area contributed by atoms with Gasteiger partial charge in [-0.15, -0.1) is 0 Å². The van der Waals surface area contributed by atoms with Gasteiger partial charge in [-0.1, -0.05) is 228 Å². The van der Waals surface area contributed by atoms with Gasteiger partial charge < -0.3 is 9.47 Å². The number of hydrogen-bond acceptors (Lipinski definition) is 2. The van der Waals surface area contributed by atoms with E-state index in [0.717, 1.165) is 52.6 Å². The predicted octanol–water partition coefficient (Wildman–Crippen LogP) is 28.1. The Kier molecular flexibility index (Phi) is 42.3. The van der Waals surface area contributed by atoms with Gasteiger partial charge in [-0.05, 0) is 134 Å². The first-order valence-electron chi connectivity index (χ1n) is 33.1. The highest BCUT2D eigenvalue weighted by Gasteiger charge is 2.46. The Balaban J connectivity index is -0.000000212. The lowest BCUT2D eigenvalue weighted by molar-refractivity contribution is -0.132. The summed E-state index contributed by atoms with van der Waals surface area (Å²) >= 11 is 0. The normalized spacial score (nSPS) is 18.2. The minimum absolute atomic E-state index is 0.00694. The van der Waals surface area contributed by atoms with Gasteiger partial charge >= 0.3 is 0 Å². The fourth-order valence-electron chi connectivity index (χ4n) is 10.7. The molecule has 0 radical (unpaired) electrons. The molecule has 1 saturated carbocycles. The Morgan fingerprint density at radius 1 is 0.345 bits per heavy atom. The van der Waals surface area contributed by atoms with Gasteiger partial charge in [0.05, 0.1) is 26.4 Å². The van der Waals surface area contributed by atoms with E-state index < -0.39 is 41.2 Å². The number of alkyl halides is 11. The molecular formula is C74H149F11O2. The number of halogens is 11. The Morgan fingerprint density at radius 2 is 0.621 bits per heavy atom. The van der Waals surface area contributed by atoms with Gasteiger partial charge in [-0.25, -0.2) is 48.3 Å². The van der Waals surface area contributed by atoms with Crippen LogP contribution in [-0.2, 0) is 9.47 Å². The molecule has 2 saturated heterocycles. The van der Waals surface area contributed by atoms with E-state index in [0.29, 0.717) is 47.3 Å². The summed E-state index contributed by atoms with van der Waals surface area (Å²) < 4.78 is 148. The number of hydrogen-bond donors (Lipinski definition) is 0. The first kappa shape index (κ1) is 97.2. The second-order valence-corrected chi connectivity index (χ2v) is 38.4. The quantitative estimate of drug-likeness (QED) is 0.161. The zero-order chi connectivity index (χ0) is 71.6. The van der Waals surface area contributed by atoms with Crippen LogP contribution in [0.5, 0.6) is 0 Å². The molecule has 0 aromatic heterocycles. The van der Waals surface area contributed by atoms with Crippen molar-refractivity contribution in [1.29, 1.82) is 0 Å². The fourth-order valence-corrected chi connectivity index (χ4v) is 10.7. The summed E-state index contributed by atoms with van der Waals surface area (Å²) in [4.78, 5) is 0. The Bertz CT molecular complexity index is 1510. The maximum atomic E-state index is 13.3. The van der Waals surface area contributed by atoms with Gasteiger partial charge in [-0.3, -0.25) is 0 Å². The Hall–Kier alpha value is -0.850. The zero-order valence-corrected chi connectivity index (χ0v) is 64.2. The molecule has 0 N–H and O–H groups in total. The molecule has 3 fully saturated rings. The summed E-state index contributed by atoms with van der Waals surface area (Å²) in [6, 6.07) is 0. The summed E-state index contributed by atoms with van der Waals surface area (Å²) in [6.07, 6.45) is 6.36. The van der Waals surface area contributed by atoms with E-state index in [1.54, 1.807) is 34.6 Å². The highest BCUT2D eigenvalue weighted by molar-refractivity contribution is 4.96. The summed E-state index contributed by atoms with van der Waals surface area (Å²) in [7, 11) is 0.